The van der Waals surface area contributed by atoms with Gasteiger partial charge in [-0.1, -0.05) is 36.4 Å². The standard InChI is InChI=1S/C18H13F2NO3S/c19-15-5-1-4-14(18(15)20)17-13(3-2-6-16(17)22)11-7-9-12(10-8-11)25(21,23)24/h1-10,22H,(H2,21,23,24). The predicted molar refractivity (Wildman–Crippen MR) is 90.3 cm³/mol. The van der Waals surface area contributed by atoms with Crippen LogP contribution < -0.4 is 5.14 Å². The van der Waals surface area contributed by atoms with Crippen molar-refractivity contribution in [2.24, 2.45) is 5.14 Å². The van der Waals surface area contributed by atoms with E-state index >= 15 is 0 Å². The number of phenolic OH excluding ortho intramolecular Hbond substituents is 1. The number of primary sulfonamides is 1. The molecule has 3 aromatic carbocycles. The third kappa shape index (κ3) is 3.24. The van der Waals surface area contributed by atoms with E-state index in [4.69, 9.17) is 5.14 Å². The van der Waals surface area contributed by atoms with Gasteiger partial charge in [0.05, 0.1) is 4.90 Å². The zero-order valence-electron chi connectivity index (χ0n) is 12.8. The molecule has 0 radical (unpaired) electrons. The highest BCUT2D eigenvalue weighted by molar-refractivity contribution is 7.89. The molecule has 0 unspecified atom stereocenters. The van der Waals surface area contributed by atoms with E-state index in [2.05, 4.69) is 0 Å². The Hall–Kier alpha value is -2.77. The summed E-state index contributed by atoms with van der Waals surface area (Å²) in [6.45, 7) is 0. The van der Waals surface area contributed by atoms with Crippen LogP contribution in [0.15, 0.2) is 65.6 Å². The van der Waals surface area contributed by atoms with Gasteiger partial charge in [-0.2, -0.15) is 0 Å². The van der Waals surface area contributed by atoms with Gasteiger partial charge in [0.1, 0.15) is 5.75 Å². The van der Waals surface area contributed by atoms with Crippen LogP contribution in [-0.2, 0) is 10.0 Å². The van der Waals surface area contributed by atoms with Crippen LogP contribution in [0, 0.1) is 11.6 Å². The lowest BCUT2D eigenvalue weighted by molar-refractivity contribution is 0.475. The summed E-state index contributed by atoms with van der Waals surface area (Å²) in [6.07, 6.45) is 0. The quantitative estimate of drug-likeness (QED) is 0.747. The molecule has 0 heterocycles. The van der Waals surface area contributed by atoms with Gasteiger partial charge in [-0.05, 0) is 35.4 Å². The van der Waals surface area contributed by atoms with Crippen molar-refractivity contribution >= 4 is 10.0 Å². The number of hydrogen-bond donors (Lipinski definition) is 2. The fourth-order valence-electron chi connectivity index (χ4n) is 2.58. The molecule has 0 saturated carbocycles. The van der Waals surface area contributed by atoms with E-state index in [1.807, 2.05) is 0 Å². The number of aromatic hydroxyl groups is 1. The molecule has 3 aromatic rings. The molecular formula is C18H13F2NO3S. The summed E-state index contributed by atoms with van der Waals surface area (Å²) in [5, 5.41) is 15.3. The molecule has 0 bridgehead atoms. The van der Waals surface area contributed by atoms with E-state index in [1.165, 1.54) is 42.5 Å². The first-order chi connectivity index (χ1) is 11.8. The fourth-order valence-corrected chi connectivity index (χ4v) is 3.10. The Labute approximate surface area is 143 Å². The van der Waals surface area contributed by atoms with Gasteiger partial charge < -0.3 is 5.11 Å². The number of benzene rings is 3. The summed E-state index contributed by atoms with van der Waals surface area (Å²) >= 11 is 0. The third-order valence-electron chi connectivity index (χ3n) is 3.76. The molecular weight excluding hydrogens is 348 g/mol. The number of phenols is 1. The highest BCUT2D eigenvalue weighted by atomic mass is 32.2. The predicted octanol–water partition coefficient (Wildman–Crippen LogP) is 3.65. The summed E-state index contributed by atoms with van der Waals surface area (Å²) in [4.78, 5) is -0.0742. The highest BCUT2D eigenvalue weighted by Crippen LogP contribution is 2.40. The van der Waals surface area contributed by atoms with E-state index in [0.717, 1.165) is 6.07 Å². The Morgan fingerprint density at radius 3 is 2.08 bits per heavy atom. The summed E-state index contributed by atoms with van der Waals surface area (Å²) < 4.78 is 50.5. The van der Waals surface area contributed by atoms with Crippen LogP contribution in [0.4, 0.5) is 8.78 Å². The Kier molecular flexibility index (Phi) is 4.28. The van der Waals surface area contributed by atoms with Crippen LogP contribution in [0.5, 0.6) is 5.75 Å². The summed E-state index contributed by atoms with van der Waals surface area (Å²) in [6, 6.07) is 13.8. The highest BCUT2D eigenvalue weighted by Gasteiger charge is 2.18. The molecule has 3 N–H and O–H groups in total. The molecule has 0 aliphatic heterocycles. The Balaban J connectivity index is 2.22. The first kappa shape index (κ1) is 17.1. The summed E-state index contributed by atoms with van der Waals surface area (Å²) in [5.41, 5.74) is 0.957. The minimum absolute atomic E-state index is 0.0742. The second-order valence-corrected chi connectivity index (χ2v) is 6.93. The molecule has 0 aliphatic rings. The van der Waals surface area contributed by atoms with E-state index in [0.29, 0.717) is 11.1 Å². The summed E-state index contributed by atoms with van der Waals surface area (Å²) in [7, 11) is -3.84. The average molecular weight is 361 g/mol. The van der Waals surface area contributed by atoms with Crippen molar-refractivity contribution in [2.75, 3.05) is 0 Å². The van der Waals surface area contributed by atoms with Crippen molar-refractivity contribution in [3.8, 4) is 28.0 Å². The van der Waals surface area contributed by atoms with Gasteiger partial charge in [0.25, 0.3) is 0 Å². The third-order valence-corrected chi connectivity index (χ3v) is 4.69. The van der Waals surface area contributed by atoms with Crippen LogP contribution in [0.25, 0.3) is 22.3 Å². The second-order valence-electron chi connectivity index (χ2n) is 5.37. The van der Waals surface area contributed by atoms with Gasteiger partial charge in [0.15, 0.2) is 11.6 Å². The van der Waals surface area contributed by atoms with Crippen molar-refractivity contribution in [3.63, 3.8) is 0 Å². The van der Waals surface area contributed by atoms with Gasteiger partial charge in [0.2, 0.25) is 10.0 Å². The molecule has 0 aliphatic carbocycles. The minimum Gasteiger partial charge on any atom is -0.507 e. The molecule has 0 amide bonds. The van der Waals surface area contributed by atoms with E-state index in [-0.39, 0.29) is 21.8 Å². The maximum Gasteiger partial charge on any atom is 0.238 e. The Bertz CT molecular complexity index is 1050. The number of rotatable bonds is 3. The Morgan fingerprint density at radius 1 is 0.840 bits per heavy atom. The zero-order chi connectivity index (χ0) is 18.2. The van der Waals surface area contributed by atoms with Crippen LogP contribution in [0.2, 0.25) is 0 Å². The molecule has 0 spiro atoms. The molecule has 128 valence electrons. The van der Waals surface area contributed by atoms with Crippen molar-refractivity contribution in [2.45, 2.75) is 4.90 Å². The number of nitrogens with two attached hydrogens (primary N) is 1. The fraction of sp³-hybridized carbons (Fsp3) is 0. The number of hydrogen-bond acceptors (Lipinski definition) is 3. The largest absolute Gasteiger partial charge is 0.507 e. The first-order valence-corrected chi connectivity index (χ1v) is 8.73. The molecule has 0 saturated heterocycles. The maximum absolute atomic E-state index is 14.2. The van der Waals surface area contributed by atoms with Crippen molar-refractivity contribution in [3.05, 3.63) is 72.3 Å². The first-order valence-electron chi connectivity index (χ1n) is 7.18. The van der Waals surface area contributed by atoms with E-state index < -0.39 is 21.7 Å². The average Bonchev–Trinajstić information content (AvgIpc) is 2.57. The van der Waals surface area contributed by atoms with Crippen molar-refractivity contribution < 1.29 is 22.3 Å². The molecule has 7 heteroatoms. The lowest BCUT2D eigenvalue weighted by atomic mass is 9.93. The van der Waals surface area contributed by atoms with E-state index in [1.54, 1.807) is 12.1 Å². The molecule has 0 aromatic heterocycles. The lowest BCUT2D eigenvalue weighted by Gasteiger charge is -2.13. The topological polar surface area (TPSA) is 80.4 Å². The molecule has 4 nitrogen and oxygen atoms in total. The molecule has 0 fully saturated rings. The van der Waals surface area contributed by atoms with Crippen molar-refractivity contribution in [1.29, 1.82) is 0 Å². The van der Waals surface area contributed by atoms with Gasteiger partial charge in [0, 0.05) is 11.1 Å². The van der Waals surface area contributed by atoms with Crippen LogP contribution in [-0.4, -0.2) is 13.5 Å². The van der Waals surface area contributed by atoms with E-state index in [9.17, 15) is 22.3 Å². The summed E-state index contributed by atoms with van der Waals surface area (Å²) in [5.74, 6) is -2.33. The number of sulfonamides is 1. The molecule has 25 heavy (non-hydrogen) atoms. The van der Waals surface area contributed by atoms with Gasteiger partial charge >= 0.3 is 0 Å². The van der Waals surface area contributed by atoms with Crippen LogP contribution in [0.1, 0.15) is 0 Å². The molecule has 0 atom stereocenters. The second kappa shape index (κ2) is 6.27. The maximum atomic E-state index is 14.2. The molecule has 3 rings (SSSR count). The van der Waals surface area contributed by atoms with Gasteiger partial charge in [-0.3, -0.25) is 0 Å². The SMILES string of the molecule is NS(=O)(=O)c1ccc(-c2cccc(O)c2-c2cccc(F)c2F)cc1. The van der Waals surface area contributed by atoms with Crippen LogP contribution in [0.3, 0.4) is 0 Å². The monoisotopic (exact) mass is 361 g/mol. The Morgan fingerprint density at radius 2 is 1.44 bits per heavy atom. The zero-order valence-corrected chi connectivity index (χ0v) is 13.6. The van der Waals surface area contributed by atoms with Gasteiger partial charge in [-0.25, -0.2) is 22.3 Å². The normalized spacial score (nSPS) is 11.5. The smallest absolute Gasteiger partial charge is 0.238 e. The minimum atomic E-state index is -3.84. The van der Waals surface area contributed by atoms with Gasteiger partial charge in [-0.15, -0.1) is 0 Å². The van der Waals surface area contributed by atoms with Crippen LogP contribution >= 0.6 is 0 Å². The lowest BCUT2D eigenvalue weighted by Crippen LogP contribution is -2.11. The van der Waals surface area contributed by atoms with Crippen molar-refractivity contribution in [1.82, 2.24) is 0 Å². The number of halogens is 2.